The van der Waals surface area contributed by atoms with E-state index in [1.807, 2.05) is 6.33 Å². The minimum absolute atomic E-state index is 0.338. The molecule has 2 fully saturated rings. The van der Waals surface area contributed by atoms with Gasteiger partial charge in [-0.1, -0.05) is 12.8 Å². The Morgan fingerprint density at radius 2 is 1.90 bits per heavy atom. The van der Waals surface area contributed by atoms with Crippen molar-refractivity contribution in [2.24, 2.45) is 5.73 Å². The standard InChI is InChI=1S/C21H35N7O/c1-29-13-5-4-12-23-19-18-20(28(14-24-18)17-6-2-3-7-17)27-21(26-19)25-16-10-8-15(22)9-11-16/h14-17H,2-13,22H2,1H3,(H2,23,25,26,27). The number of fused-ring (bicyclic) bond motifs is 1. The molecular formula is C21H35N7O. The highest BCUT2D eigenvalue weighted by atomic mass is 16.5. The van der Waals surface area contributed by atoms with Crippen molar-refractivity contribution >= 4 is 22.9 Å². The van der Waals surface area contributed by atoms with Crippen molar-refractivity contribution in [3.8, 4) is 0 Å². The summed E-state index contributed by atoms with van der Waals surface area (Å²) in [6, 6.07) is 1.24. The number of nitrogens with one attached hydrogen (secondary N) is 2. The van der Waals surface area contributed by atoms with Crippen molar-refractivity contribution in [1.82, 2.24) is 19.5 Å². The van der Waals surface area contributed by atoms with E-state index in [0.29, 0.717) is 24.1 Å². The molecule has 8 heteroatoms. The van der Waals surface area contributed by atoms with Crippen LogP contribution in [0.3, 0.4) is 0 Å². The van der Waals surface area contributed by atoms with E-state index in [2.05, 4.69) is 20.2 Å². The van der Waals surface area contributed by atoms with Crippen LogP contribution >= 0.6 is 0 Å². The van der Waals surface area contributed by atoms with Gasteiger partial charge in [-0.3, -0.25) is 0 Å². The maximum Gasteiger partial charge on any atom is 0.227 e. The molecule has 2 aliphatic carbocycles. The predicted octanol–water partition coefficient (Wildman–Crippen LogP) is 3.46. The molecule has 2 aliphatic rings. The van der Waals surface area contributed by atoms with Crippen molar-refractivity contribution < 1.29 is 4.74 Å². The first kappa shape index (κ1) is 20.3. The Balaban J connectivity index is 1.55. The molecule has 8 nitrogen and oxygen atoms in total. The maximum absolute atomic E-state index is 6.06. The lowest BCUT2D eigenvalue weighted by Gasteiger charge is -2.27. The second-order valence-electron chi connectivity index (χ2n) is 8.54. The van der Waals surface area contributed by atoms with Gasteiger partial charge in [0.15, 0.2) is 17.0 Å². The van der Waals surface area contributed by atoms with Gasteiger partial charge < -0.3 is 25.7 Å². The van der Waals surface area contributed by atoms with Gasteiger partial charge in [0.05, 0.1) is 6.33 Å². The summed E-state index contributed by atoms with van der Waals surface area (Å²) in [5.74, 6) is 1.54. The normalized spacial score (nSPS) is 23.0. The van der Waals surface area contributed by atoms with E-state index in [4.69, 9.17) is 20.4 Å². The first-order valence-electron chi connectivity index (χ1n) is 11.2. The largest absolute Gasteiger partial charge is 0.385 e. The van der Waals surface area contributed by atoms with Gasteiger partial charge in [-0.05, 0) is 51.4 Å². The number of ether oxygens (including phenoxy) is 1. The molecule has 2 aromatic heterocycles. The van der Waals surface area contributed by atoms with Crippen LogP contribution in [0.25, 0.3) is 11.2 Å². The van der Waals surface area contributed by atoms with E-state index < -0.39 is 0 Å². The number of rotatable bonds is 9. The number of imidazole rings is 1. The summed E-state index contributed by atoms with van der Waals surface area (Å²) in [7, 11) is 1.74. The van der Waals surface area contributed by atoms with Crippen LogP contribution in [0.1, 0.15) is 70.3 Å². The van der Waals surface area contributed by atoms with Gasteiger partial charge in [0.1, 0.15) is 0 Å². The van der Waals surface area contributed by atoms with Gasteiger partial charge in [-0.2, -0.15) is 9.97 Å². The molecule has 0 aliphatic heterocycles. The average Bonchev–Trinajstić information content (AvgIpc) is 3.39. The van der Waals surface area contributed by atoms with Crippen LogP contribution in [0.2, 0.25) is 0 Å². The van der Waals surface area contributed by atoms with Crippen molar-refractivity contribution in [1.29, 1.82) is 0 Å². The highest BCUT2D eigenvalue weighted by Gasteiger charge is 2.23. The zero-order valence-corrected chi connectivity index (χ0v) is 17.6. The molecule has 0 saturated heterocycles. The predicted molar refractivity (Wildman–Crippen MR) is 116 cm³/mol. The average molecular weight is 402 g/mol. The topological polar surface area (TPSA) is 103 Å². The zero-order valence-electron chi connectivity index (χ0n) is 17.6. The summed E-state index contributed by atoms with van der Waals surface area (Å²) < 4.78 is 7.41. The number of anilines is 2. The number of unbranched alkanes of at least 4 members (excludes halogenated alkanes) is 1. The Bertz CT molecular complexity index is 779. The monoisotopic (exact) mass is 401 g/mol. The highest BCUT2D eigenvalue weighted by molar-refractivity contribution is 5.84. The number of aromatic nitrogens is 4. The fourth-order valence-corrected chi connectivity index (χ4v) is 4.58. The van der Waals surface area contributed by atoms with Crippen LogP contribution in [0.5, 0.6) is 0 Å². The first-order chi connectivity index (χ1) is 14.2. The fourth-order valence-electron chi connectivity index (χ4n) is 4.58. The molecule has 0 atom stereocenters. The van der Waals surface area contributed by atoms with Gasteiger partial charge in [-0.15, -0.1) is 0 Å². The lowest BCUT2D eigenvalue weighted by atomic mass is 9.92. The number of methoxy groups -OCH3 is 1. The molecule has 4 N–H and O–H groups in total. The Hall–Kier alpha value is -1.93. The van der Waals surface area contributed by atoms with E-state index in [9.17, 15) is 0 Å². The molecule has 0 radical (unpaired) electrons. The van der Waals surface area contributed by atoms with E-state index in [0.717, 1.165) is 68.7 Å². The second-order valence-corrected chi connectivity index (χ2v) is 8.54. The molecule has 0 amide bonds. The molecule has 2 saturated carbocycles. The summed E-state index contributed by atoms with van der Waals surface area (Å²) in [4.78, 5) is 14.4. The minimum Gasteiger partial charge on any atom is -0.385 e. The minimum atomic E-state index is 0.338. The first-order valence-corrected chi connectivity index (χ1v) is 11.2. The molecule has 29 heavy (non-hydrogen) atoms. The van der Waals surface area contributed by atoms with E-state index in [1.165, 1.54) is 25.7 Å². The summed E-state index contributed by atoms with van der Waals surface area (Å²) in [5, 5.41) is 7.07. The van der Waals surface area contributed by atoms with Crippen molar-refractivity contribution in [2.75, 3.05) is 30.9 Å². The lowest BCUT2D eigenvalue weighted by molar-refractivity contribution is 0.194. The lowest BCUT2D eigenvalue weighted by Crippen LogP contribution is -2.33. The molecule has 0 bridgehead atoms. The maximum atomic E-state index is 6.06. The second kappa shape index (κ2) is 9.71. The molecule has 160 valence electrons. The van der Waals surface area contributed by atoms with Crippen LogP contribution in [-0.4, -0.2) is 51.9 Å². The van der Waals surface area contributed by atoms with Gasteiger partial charge in [0, 0.05) is 38.4 Å². The number of hydrogen-bond acceptors (Lipinski definition) is 7. The Morgan fingerprint density at radius 1 is 1.10 bits per heavy atom. The molecule has 4 rings (SSSR count). The molecular weight excluding hydrogens is 366 g/mol. The molecule has 0 spiro atoms. The van der Waals surface area contributed by atoms with E-state index >= 15 is 0 Å². The molecule has 0 unspecified atom stereocenters. The molecule has 0 aromatic carbocycles. The Labute approximate surface area is 173 Å². The Kier molecular flexibility index (Phi) is 6.82. The zero-order chi connectivity index (χ0) is 20.1. The third-order valence-corrected chi connectivity index (χ3v) is 6.31. The molecule has 2 heterocycles. The SMILES string of the molecule is COCCCCNc1nc(NC2CCC(N)CC2)nc2c1ncn2C1CCCC1. The van der Waals surface area contributed by atoms with Gasteiger partial charge >= 0.3 is 0 Å². The highest BCUT2D eigenvalue weighted by Crippen LogP contribution is 2.33. The van der Waals surface area contributed by atoms with Gasteiger partial charge in [0.25, 0.3) is 0 Å². The van der Waals surface area contributed by atoms with Gasteiger partial charge in [-0.25, -0.2) is 4.98 Å². The fraction of sp³-hybridized carbons (Fsp3) is 0.762. The summed E-state index contributed by atoms with van der Waals surface area (Å²) >= 11 is 0. The van der Waals surface area contributed by atoms with Crippen molar-refractivity contribution in [3.05, 3.63) is 6.33 Å². The van der Waals surface area contributed by atoms with E-state index in [1.54, 1.807) is 7.11 Å². The van der Waals surface area contributed by atoms with E-state index in [-0.39, 0.29) is 0 Å². The summed E-state index contributed by atoms with van der Waals surface area (Å²) in [5.41, 5.74) is 7.89. The van der Waals surface area contributed by atoms with Crippen molar-refractivity contribution in [2.45, 2.75) is 82.3 Å². The van der Waals surface area contributed by atoms with Crippen molar-refractivity contribution in [3.63, 3.8) is 0 Å². The number of nitrogens with two attached hydrogens (primary N) is 1. The Morgan fingerprint density at radius 3 is 2.66 bits per heavy atom. The summed E-state index contributed by atoms with van der Waals surface area (Å²) in [6.07, 6.45) is 13.3. The third-order valence-electron chi connectivity index (χ3n) is 6.31. The number of hydrogen-bond donors (Lipinski definition) is 3. The third kappa shape index (κ3) is 4.98. The van der Waals surface area contributed by atoms with Crippen LogP contribution in [0.4, 0.5) is 11.8 Å². The smallest absolute Gasteiger partial charge is 0.227 e. The summed E-state index contributed by atoms with van der Waals surface area (Å²) in [6.45, 7) is 1.64. The van der Waals surface area contributed by atoms with Crippen LogP contribution in [0, 0.1) is 0 Å². The van der Waals surface area contributed by atoms with Crippen LogP contribution in [0.15, 0.2) is 6.33 Å². The van der Waals surface area contributed by atoms with Crippen LogP contribution in [-0.2, 0) is 4.74 Å². The van der Waals surface area contributed by atoms with Gasteiger partial charge in [0.2, 0.25) is 5.95 Å². The number of nitrogens with zero attached hydrogens (tertiary/aromatic N) is 4. The molecule has 2 aromatic rings. The van der Waals surface area contributed by atoms with Crippen LogP contribution < -0.4 is 16.4 Å². The quantitative estimate of drug-likeness (QED) is 0.553.